The Bertz CT molecular complexity index is 896. The monoisotopic (exact) mass is 406 g/mol. The van der Waals surface area contributed by atoms with E-state index in [4.69, 9.17) is 9.47 Å². The topological polar surface area (TPSA) is 43.1 Å². The van der Waals surface area contributed by atoms with Gasteiger partial charge in [-0.25, -0.2) is 0 Å². The minimum Gasteiger partial charge on any atom is -0.497 e. The van der Waals surface area contributed by atoms with Gasteiger partial charge in [0.25, 0.3) is 0 Å². The third-order valence-electron chi connectivity index (χ3n) is 5.16. The molecule has 0 spiro atoms. The molecule has 0 fully saturated rings. The van der Waals surface area contributed by atoms with Crippen molar-refractivity contribution >= 4 is 0 Å². The highest BCUT2D eigenvalue weighted by atomic mass is 16.5. The standard InChI is InChI=1S/C26H31NO3/c1-20-12-14-23(15-13-20)26(22-9-5-4-6-10-22)30-19-24(28)18-27(2)17-21-8-7-11-25(16-21)29-3/h4-16,24,26,28H,17-19H2,1-3H3/p+1/t24-,26-/m1/s1. The average Bonchev–Trinajstić information content (AvgIpc) is 2.76. The van der Waals surface area contributed by atoms with E-state index in [0.29, 0.717) is 6.54 Å². The smallest absolute Gasteiger partial charge is 0.126 e. The molecule has 0 bridgehead atoms. The number of ether oxygens (including phenoxy) is 2. The molecule has 2 N–H and O–H groups in total. The predicted octanol–water partition coefficient (Wildman–Crippen LogP) is 3.19. The Morgan fingerprint density at radius 1 is 0.900 bits per heavy atom. The number of aliphatic hydroxyl groups is 1. The first-order valence-corrected chi connectivity index (χ1v) is 10.4. The van der Waals surface area contributed by atoms with Gasteiger partial charge in [-0.15, -0.1) is 0 Å². The van der Waals surface area contributed by atoms with Crippen LogP contribution in [0.1, 0.15) is 28.4 Å². The maximum Gasteiger partial charge on any atom is 0.126 e. The molecule has 0 aliphatic heterocycles. The fourth-order valence-corrected chi connectivity index (χ4v) is 3.63. The van der Waals surface area contributed by atoms with Crippen molar-refractivity contribution in [1.82, 2.24) is 0 Å². The Hall–Kier alpha value is -2.66. The number of nitrogens with one attached hydrogen (secondary N) is 1. The second-order valence-electron chi connectivity index (χ2n) is 7.88. The van der Waals surface area contributed by atoms with Crippen molar-refractivity contribution in [1.29, 1.82) is 0 Å². The first kappa shape index (κ1) is 22.0. The summed E-state index contributed by atoms with van der Waals surface area (Å²) in [4.78, 5) is 1.21. The number of methoxy groups -OCH3 is 1. The molecule has 0 aliphatic carbocycles. The van der Waals surface area contributed by atoms with Crippen molar-refractivity contribution in [2.24, 2.45) is 0 Å². The van der Waals surface area contributed by atoms with Gasteiger partial charge < -0.3 is 19.5 Å². The molecule has 158 valence electrons. The molecule has 4 nitrogen and oxygen atoms in total. The lowest BCUT2D eigenvalue weighted by Crippen LogP contribution is -3.08. The summed E-state index contributed by atoms with van der Waals surface area (Å²) in [6, 6.07) is 26.6. The Morgan fingerprint density at radius 3 is 2.30 bits per heavy atom. The SMILES string of the molecule is COc1cccc(C[NH+](C)C[C@@H](O)CO[C@H](c2ccccc2)c2ccc(C)cc2)c1. The Morgan fingerprint density at radius 2 is 1.60 bits per heavy atom. The molecule has 1 unspecified atom stereocenters. The minimum atomic E-state index is -0.549. The lowest BCUT2D eigenvalue weighted by atomic mass is 10.0. The van der Waals surface area contributed by atoms with Crippen LogP contribution in [0.4, 0.5) is 0 Å². The summed E-state index contributed by atoms with van der Waals surface area (Å²) in [5.41, 5.74) is 4.58. The first-order chi connectivity index (χ1) is 14.5. The van der Waals surface area contributed by atoms with Crippen molar-refractivity contribution in [3.8, 4) is 5.75 Å². The van der Waals surface area contributed by atoms with E-state index < -0.39 is 6.10 Å². The van der Waals surface area contributed by atoms with E-state index in [-0.39, 0.29) is 12.7 Å². The molecule has 4 heteroatoms. The Kier molecular flexibility index (Phi) is 8.03. The number of likely N-dealkylation sites (N-methyl/N-ethyl adjacent to an activating group) is 1. The molecule has 0 saturated heterocycles. The highest BCUT2D eigenvalue weighted by molar-refractivity contribution is 5.32. The zero-order valence-corrected chi connectivity index (χ0v) is 18.0. The Labute approximate surface area is 179 Å². The van der Waals surface area contributed by atoms with E-state index in [2.05, 4.69) is 56.4 Å². The number of quaternary nitrogens is 1. The fraction of sp³-hybridized carbons (Fsp3) is 0.308. The molecule has 3 aromatic rings. The summed E-state index contributed by atoms with van der Waals surface area (Å²) in [5.74, 6) is 0.855. The summed E-state index contributed by atoms with van der Waals surface area (Å²) in [7, 11) is 3.76. The quantitative estimate of drug-likeness (QED) is 0.544. The average molecular weight is 407 g/mol. The number of aliphatic hydroxyl groups excluding tert-OH is 1. The second-order valence-corrected chi connectivity index (χ2v) is 7.88. The number of hydrogen-bond donors (Lipinski definition) is 2. The lowest BCUT2D eigenvalue weighted by molar-refractivity contribution is -0.897. The van der Waals surface area contributed by atoms with Gasteiger partial charge in [0.1, 0.15) is 31.0 Å². The maximum absolute atomic E-state index is 10.6. The predicted molar refractivity (Wildman–Crippen MR) is 120 cm³/mol. The van der Waals surface area contributed by atoms with Crippen molar-refractivity contribution in [3.63, 3.8) is 0 Å². The molecular formula is C26H32NO3+. The van der Waals surface area contributed by atoms with E-state index in [0.717, 1.165) is 23.4 Å². The van der Waals surface area contributed by atoms with Crippen LogP contribution in [0, 0.1) is 6.92 Å². The van der Waals surface area contributed by atoms with Gasteiger partial charge in [-0.2, -0.15) is 0 Å². The van der Waals surface area contributed by atoms with Gasteiger partial charge in [-0.05, 0) is 30.2 Å². The van der Waals surface area contributed by atoms with Crippen molar-refractivity contribution in [2.75, 3.05) is 27.3 Å². The van der Waals surface area contributed by atoms with E-state index in [1.165, 1.54) is 16.0 Å². The zero-order chi connectivity index (χ0) is 21.3. The molecule has 0 aliphatic rings. The van der Waals surface area contributed by atoms with Gasteiger partial charge >= 0.3 is 0 Å². The summed E-state index contributed by atoms with van der Waals surface area (Å²) in [5, 5.41) is 10.6. The molecule has 0 saturated carbocycles. The largest absolute Gasteiger partial charge is 0.497 e. The van der Waals surface area contributed by atoms with Crippen molar-refractivity contribution in [2.45, 2.75) is 25.7 Å². The van der Waals surface area contributed by atoms with Gasteiger partial charge in [0, 0.05) is 5.56 Å². The number of benzene rings is 3. The number of rotatable bonds is 10. The molecule has 0 amide bonds. The van der Waals surface area contributed by atoms with Crippen LogP contribution in [0.25, 0.3) is 0 Å². The first-order valence-electron chi connectivity index (χ1n) is 10.4. The molecule has 0 heterocycles. The summed E-state index contributed by atoms with van der Waals surface area (Å²) >= 11 is 0. The highest BCUT2D eigenvalue weighted by Crippen LogP contribution is 2.26. The van der Waals surface area contributed by atoms with Crippen LogP contribution in [0.15, 0.2) is 78.9 Å². The third kappa shape index (κ3) is 6.42. The molecule has 0 aromatic heterocycles. The minimum absolute atomic E-state index is 0.194. The van der Waals surface area contributed by atoms with Crippen LogP contribution in [0.5, 0.6) is 5.75 Å². The molecule has 30 heavy (non-hydrogen) atoms. The molecule has 0 radical (unpaired) electrons. The Balaban J connectivity index is 1.59. The van der Waals surface area contributed by atoms with Gasteiger partial charge in [0.2, 0.25) is 0 Å². The van der Waals surface area contributed by atoms with Crippen molar-refractivity contribution < 1.29 is 19.5 Å². The van der Waals surface area contributed by atoms with Crippen LogP contribution < -0.4 is 9.64 Å². The van der Waals surface area contributed by atoms with Gasteiger partial charge in [-0.1, -0.05) is 72.3 Å². The molecule has 3 aromatic carbocycles. The summed E-state index contributed by atoms with van der Waals surface area (Å²) in [6.45, 7) is 3.77. The van der Waals surface area contributed by atoms with Crippen LogP contribution in [-0.2, 0) is 11.3 Å². The van der Waals surface area contributed by atoms with Crippen molar-refractivity contribution in [3.05, 3.63) is 101 Å². The zero-order valence-electron chi connectivity index (χ0n) is 18.0. The molecule has 3 atom stereocenters. The normalized spacial score (nSPS) is 14.1. The van der Waals surface area contributed by atoms with Gasteiger partial charge in [-0.3, -0.25) is 0 Å². The summed E-state index contributed by atoms with van der Waals surface area (Å²) < 4.78 is 11.5. The second kappa shape index (κ2) is 10.9. The third-order valence-corrected chi connectivity index (χ3v) is 5.16. The molecule has 3 rings (SSSR count). The molecular weight excluding hydrogens is 374 g/mol. The van der Waals surface area contributed by atoms with E-state index in [1.54, 1.807) is 7.11 Å². The lowest BCUT2D eigenvalue weighted by Gasteiger charge is -2.23. The number of aryl methyl sites for hydroxylation is 1. The maximum atomic E-state index is 10.6. The van der Waals surface area contributed by atoms with E-state index in [1.807, 2.05) is 36.4 Å². The van der Waals surface area contributed by atoms with Crippen LogP contribution >= 0.6 is 0 Å². The van der Waals surface area contributed by atoms with Crippen LogP contribution in [0.2, 0.25) is 0 Å². The van der Waals surface area contributed by atoms with Gasteiger partial charge in [0.15, 0.2) is 0 Å². The van der Waals surface area contributed by atoms with E-state index in [9.17, 15) is 5.11 Å². The fourth-order valence-electron chi connectivity index (χ4n) is 3.63. The van der Waals surface area contributed by atoms with Crippen LogP contribution in [0.3, 0.4) is 0 Å². The van der Waals surface area contributed by atoms with Crippen LogP contribution in [-0.4, -0.2) is 38.5 Å². The van der Waals surface area contributed by atoms with E-state index >= 15 is 0 Å². The van der Waals surface area contributed by atoms with Gasteiger partial charge in [0.05, 0.1) is 20.8 Å². The summed E-state index contributed by atoms with van der Waals surface area (Å²) in [6.07, 6.45) is -0.743. The highest BCUT2D eigenvalue weighted by Gasteiger charge is 2.19. The number of hydrogen-bond acceptors (Lipinski definition) is 3.